The van der Waals surface area contributed by atoms with Crippen LogP contribution in [0.5, 0.6) is 0 Å². The van der Waals surface area contributed by atoms with E-state index in [9.17, 15) is 8.42 Å². The molecule has 0 heterocycles. The summed E-state index contributed by atoms with van der Waals surface area (Å²) in [6, 6.07) is 5.13. The lowest BCUT2D eigenvalue weighted by atomic mass is 10.1. The average Bonchev–Trinajstić information content (AvgIpc) is 2.29. The molecule has 108 valence electrons. The monoisotopic (exact) mass is 323 g/mol. The smallest absolute Gasteiger partial charge is 0.148 e. The third-order valence-electron chi connectivity index (χ3n) is 2.70. The van der Waals surface area contributed by atoms with Gasteiger partial charge in [0.2, 0.25) is 0 Å². The van der Waals surface area contributed by atoms with E-state index in [2.05, 4.69) is 5.32 Å². The maximum atomic E-state index is 11.5. The molecular weight excluding hydrogens is 305 g/mol. The Balaban J connectivity index is 2.87. The zero-order chi connectivity index (χ0) is 14.5. The van der Waals surface area contributed by atoms with Gasteiger partial charge in [-0.2, -0.15) is 0 Å². The molecule has 0 saturated heterocycles. The second-order valence-electron chi connectivity index (χ2n) is 4.65. The fourth-order valence-corrected chi connectivity index (χ4v) is 3.40. The Bertz CT molecular complexity index is 497. The van der Waals surface area contributed by atoms with E-state index < -0.39 is 9.84 Å². The van der Waals surface area contributed by atoms with Crippen molar-refractivity contribution in [3.05, 3.63) is 33.8 Å². The normalized spacial score (nSPS) is 13.5. The quantitative estimate of drug-likeness (QED) is 0.839. The highest BCUT2D eigenvalue weighted by molar-refractivity contribution is 7.90. The lowest BCUT2D eigenvalue weighted by Gasteiger charge is -2.19. The van der Waals surface area contributed by atoms with Crippen molar-refractivity contribution in [3.8, 4) is 0 Å². The van der Waals surface area contributed by atoms with E-state index in [1.54, 1.807) is 18.2 Å². The predicted octanol–water partition coefficient (Wildman–Crippen LogP) is 2.95. The molecule has 1 aromatic carbocycles. The van der Waals surface area contributed by atoms with E-state index in [4.69, 9.17) is 23.2 Å². The van der Waals surface area contributed by atoms with E-state index in [1.807, 2.05) is 6.92 Å². The van der Waals surface area contributed by atoms with Gasteiger partial charge in [-0.3, -0.25) is 0 Å². The molecule has 1 aromatic rings. The van der Waals surface area contributed by atoms with Gasteiger partial charge in [0.05, 0.1) is 5.75 Å². The number of hydrogen-bond donors (Lipinski definition) is 1. The molecule has 1 atom stereocenters. The van der Waals surface area contributed by atoms with Crippen LogP contribution in [0, 0.1) is 0 Å². The first kappa shape index (κ1) is 16.8. The summed E-state index contributed by atoms with van der Waals surface area (Å²) in [6.07, 6.45) is 2.68. The van der Waals surface area contributed by atoms with Gasteiger partial charge in [-0.25, -0.2) is 8.42 Å². The van der Waals surface area contributed by atoms with Crippen LogP contribution in [0.1, 0.15) is 18.9 Å². The van der Waals surface area contributed by atoms with E-state index >= 15 is 0 Å². The van der Waals surface area contributed by atoms with Crippen LogP contribution < -0.4 is 5.32 Å². The minimum atomic E-state index is -3.05. The molecule has 19 heavy (non-hydrogen) atoms. The Morgan fingerprint density at radius 2 is 1.84 bits per heavy atom. The van der Waals surface area contributed by atoms with E-state index in [-0.39, 0.29) is 11.8 Å². The topological polar surface area (TPSA) is 46.2 Å². The van der Waals surface area contributed by atoms with Gasteiger partial charge >= 0.3 is 0 Å². The summed E-state index contributed by atoms with van der Waals surface area (Å²) in [5, 5.41) is 4.38. The van der Waals surface area contributed by atoms with Crippen LogP contribution in [0.4, 0.5) is 0 Å². The maximum absolute atomic E-state index is 11.5. The number of hydrogen-bond acceptors (Lipinski definition) is 3. The van der Waals surface area contributed by atoms with Gasteiger partial charge in [0.1, 0.15) is 9.84 Å². The molecular formula is C13H19Cl2NO2S. The minimum absolute atomic E-state index is 0.0779. The van der Waals surface area contributed by atoms with Crippen LogP contribution in [0.25, 0.3) is 0 Å². The van der Waals surface area contributed by atoms with Gasteiger partial charge in [-0.1, -0.05) is 36.2 Å². The highest BCUT2D eigenvalue weighted by atomic mass is 35.5. The van der Waals surface area contributed by atoms with Gasteiger partial charge < -0.3 is 5.32 Å². The summed E-state index contributed by atoms with van der Waals surface area (Å²) >= 11 is 12.2. The maximum Gasteiger partial charge on any atom is 0.148 e. The fraction of sp³-hybridized carbons (Fsp3) is 0.538. The molecule has 0 radical (unpaired) electrons. The van der Waals surface area contributed by atoms with Crippen LogP contribution in [-0.4, -0.2) is 33.0 Å². The van der Waals surface area contributed by atoms with Gasteiger partial charge in [-0.15, -0.1) is 0 Å². The van der Waals surface area contributed by atoms with Crippen LogP contribution >= 0.6 is 23.2 Å². The highest BCUT2D eigenvalue weighted by Crippen LogP contribution is 2.25. The first-order valence-electron chi connectivity index (χ1n) is 6.17. The summed E-state index contributed by atoms with van der Waals surface area (Å²) in [5.74, 6) is 0.0779. The van der Waals surface area contributed by atoms with Crippen molar-refractivity contribution in [2.75, 3.05) is 18.6 Å². The van der Waals surface area contributed by atoms with Crippen molar-refractivity contribution in [3.63, 3.8) is 0 Å². The molecule has 0 aromatic heterocycles. The van der Waals surface area contributed by atoms with Crippen molar-refractivity contribution < 1.29 is 8.42 Å². The molecule has 3 nitrogen and oxygen atoms in total. The molecule has 1 N–H and O–H groups in total. The highest BCUT2D eigenvalue weighted by Gasteiger charge is 2.18. The van der Waals surface area contributed by atoms with Gasteiger partial charge in [0.25, 0.3) is 0 Å². The molecule has 1 unspecified atom stereocenters. The van der Waals surface area contributed by atoms with Gasteiger partial charge in [-0.05, 0) is 37.1 Å². The number of sulfone groups is 1. The zero-order valence-electron chi connectivity index (χ0n) is 11.1. The zero-order valence-corrected chi connectivity index (χ0v) is 13.4. The molecule has 0 fully saturated rings. The summed E-state index contributed by atoms with van der Waals surface area (Å²) in [5.41, 5.74) is 0.795. The molecule has 0 bridgehead atoms. The van der Waals surface area contributed by atoms with E-state index in [0.717, 1.165) is 18.5 Å². The van der Waals surface area contributed by atoms with Gasteiger partial charge in [0, 0.05) is 22.3 Å². The predicted molar refractivity (Wildman–Crippen MR) is 82.0 cm³/mol. The van der Waals surface area contributed by atoms with Crippen molar-refractivity contribution in [1.29, 1.82) is 0 Å². The molecule has 0 aliphatic rings. The third-order valence-corrected chi connectivity index (χ3v) is 4.42. The summed E-state index contributed by atoms with van der Waals surface area (Å²) in [6.45, 7) is 2.80. The Hall–Kier alpha value is -0.290. The minimum Gasteiger partial charge on any atom is -0.313 e. The molecule has 1 rings (SSSR count). The van der Waals surface area contributed by atoms with Crippen molar-refractivity contribution in [1.82, 2.24) is 5.32 Å². The molecule has 0 spiro atoms. The largest absolute Gasteiger partial charge is 0.313 e. The van der Waals surface area contributed by atoms with Crippen LogP contribution in [-0.2, 0) is 16.3 Å². The SMILES string of the molecule is CCCNC(Cc1c(Cl)cccc1Cl)CS(C)(=O)=O. The average molecular weight is 324 g/mol. The van der Waals surface area contributed by atoms with Crippen LogP contribution in [0.3, 0.4) is 0 Å². The molecule has 6 heteroatoms. The molecule has 0 aliphatic heterocycles. The Morgan fingerprint density at radius 1 is 1.26 bits per heavy atom. The van der Waals surface area contributed by atoms with Gasteiger partial charge in [0.15, 0.2) is 0 Å². The second-order valence-corrected chi connectivity index (χ2v) is 7.65. The Morgan fingerprint density at radius 3 is 2.32 bits per heavy atom. The lowest BCUT2D eigenvalue weighted by Crippen LogP contribution is -2.37. The fourth-order valence-electron chi connectivity index (χ4n) is 1.88. The van der Waals surface area contributed by atoms with Crippen LogP contribution in [0.15, 0.2) is 18.2 Å². The lowest BCUT2D eigenvalue weighted by molar-refractivity contribution is 0.530. The molecule has 0 saturated carbocycles. The van der Waals surface area contributed by atoms with E-state index in [0.29, 0.717) is 16.5 Å². The first-order chi connectivity index (χ1) is 8.83. The number of nitrogens with one attached hydrogen (secondary N) is 1. The first-order valence-corrected chi connectivity index (χ1v) is 8.99. The summed E-state index contributed by atoms with van der Waals surface area (Å²) in [4.78, 5) is 0. The van der Waals surface area contributed by atoms with Crippen molar-refractivity contribution in [2.45, 2.75) is 25.8 Å². The second kappa shape index (κ2) is 7.48. The van der Waals surface area contributed by atoms with Crippen LogP contribution in [0.2, 0.25) is 10.0 Å². The molecule has 0 amide bonds. The Labute approximate surface area is 125 Å². The number of halogens is 2. The Kier molecular flexibility index (Phi) is 6.60. The standard InChI is InChI=1S/C13H19Cl2NO2S/c1-3-7-16-10(9-19(2,17)18)8-11-12(14)5-4-6-13(11)15/h4-6,10,16H,3,7-9H2,1-2H3. The third kappa shape index (κ3) is 6.13. The number of benzene rings is 1. The summed E-state index contributed by atoms with van der Waals surface area (Å²) < 4.78 is 22.9. The summed E-state index contributed by atoms with van der Waals surface area (Å²) in [7, 11) is -3.05. The number of rotatable bonds is 7. The molecule has 0 aliphatic carbocycles. The van der Waals surface area contributed by atoms with E-state index in [1.165, 1.54) is 6.26 Å². The van der Waals surface area contributed by atoms with Crippen molar-refractivity contribution >= 4 is 33.0 Å². The van der Waals surface area contributed by atoms with Crippen molar-refractivity contribution in [2.24, 2.45) is 0 Å².